The molecule has 0 spiro atoms. The Hall–Kier alpha value is -3.50. The molecule has 1 saturated carbocycles. The molecule has 0 bridgehead atoms. The summed E-state index contributed by atoms with van der Waals surface area (Å²) in [5.74, 6) is 0.292. The Kier molecular flexibility index (Phi) is 10.9. The van der Waals surface area contributed by atoms with Gasteiger partial charge in [0.05, 0.1) is 13.1 Å². The predicted molar refractivity (Wildman–Crippen MR) is 166 cm³/mol. The van der Waals surface area contributed by atoms with Crippen LogP contribution in [0.25, 0.3) is 0 Å². The van der Waals surface area contributed by atoms with Crippen molar-refractivity contribution < 1.29 is 34.6 Å². The average molecular weight is 610 g/mol. The van der Waals surface area contributed by atoms with Gasteiger partial charge in [-0.25, -0.2) is 4.39 Å². The Morgan fingerprint density at radius 1 is 0.932 bits per heavy atom. The number of quaternary nitrogens is 2. The van der Waals surface area contributed by atoms with Crippen molar-refractivity contribution in [2.75, 3.05) is 57.8 Å². The van der Waals surface area contributed by atoms with E-state index in [0.29, 0.717) is 49.8 Å². The van der Waals surface area contributed by atoms with Crippen molar-refractivity contribution in [1.82, 2.24) is 9.80 Å². The maximum atomic E-state index is 14.6. The van der Waals surface area contributed by atoms with Gasteiger partial charge in [0.15, 0.2) is 6.10 Å². The smallest absolute Gasteiger partial charge is 0.254 e. The van der Waals surface area contributed by atoms with E-state index in [1.165, 1.54) is 36.3 Å². The first kappa shape index (κ1) is 31.9. The quantitative estimate of drug-likeness (QED) is 0.403. The van der Waals surface area contributed by atoms with Crippen molar-refractivity contribution in [2.45, 2.75) is 69.8 Å². The summed E-state index contributed by atoms with van der Waals surface area (Å²) in [5.41, 5.74) is 6.17. The Balaban J connectivity index is 1.23. The summed E-state index contributed by atoms with van der Waals surface area (Å²) in [6.07, 6.45) is 9.06. The molecule has 2 heterocycles. The minimum absolute atomic E-state index is 0.0399. The van der Waals surface area contributed by atoms with Gasteiger partial charge in [-0.05, 0) is 73.6 Å². The zero-order valence-corrected chi connectivity index (χ0v) is 26.1. The van der Waals surface area contributed by atoms with Crippen LogP contribution in [0.4, 0.5) is 10.1 Å². The average Bonchev–Trinajstić information content (AvgIpc) is 3.57. The van der Waals surface area contributed by atoms with E-state index in [9.17, 15) is 18.8 Å². The number of rotatable bonds is 10. The van der Waals surface area contributed by atoms with Gasteiger partial charge in [-0.15, -0.1) is 0 Å². The number of piperazine rings is 1. The standard InChI is InChI=1S/C34H46FN5O4/c1-38(32(41)9-5-6-13-36)28-20-26(19-27(35)22-28)34(43)40-17-15-39(16-18-40)33(42)25-10-11-31(44-29-12-14-37-23-29)30(21-25)24-7-3-2-4-8-24/h10-11,19-22,24,29,37H,2-9,12-18,23,36H2,1H3/p+2/t29-/m0/s1. The topological polar surface area (TPSA) is 114 Å². The van der Waals surface area contributed by atoms with Gasteiger partial charge in [0.25, 0.3) is 11.8 Å². The molecule has 3 amide bonds. The number of carbonyl (C=O) groups is 3. The van der Waals surface area contributed by atoms with Gasteiger partial charge in [-0.2, -0.15) is 0 Å². The molecule has 0 radical (unpaired) electrons. The summed E-state index contributed by atoms with van der Waals surface area (Å²) in [5, 5.41) is 2.29. The molecule has 10 heteroatoms. The highest BCUT2D eigenvalue weighted by atomic mass is 19.1. The molecule has 2 aliphatic heterocycles. The fourth-order valence-corrected chi connectivity index (χ4v) is 6.67. The van der Waals surface area contributed by atoms with Gasteiger partial charge in [0, 0.05) is 62.9 Å². The lowest BCUT2D eigenvalue weighted by atomic mass is 9.83. The summed E-state index contributed by atoms with van der Waals surface area (Å²) in [6.45, 7) is 4.31. The Morgan fingerprint density at radius 3 is 2.30 bits per heavy atom. The summed E-state index contributed by atoms with van der Waals surface area (Å²) in [6, 6.07) is 9.98. The zero-order valence-electron chi connectivity index (χ0n) is 26.1. The second-order valence-electron chi connectivity index (χ2n) is 12.5. The lowest BCUT2D eigenvalue weighted by Crippen LogP contribution is -2.81. The van der Waals surface area contributed by atoms with E-state index in [2.05, 4.69) is 17.1 Å². The third kappa shape index (κ3) is 7.77. The van der Waals surface area contributed by atoms with Crippen molar-refractivity contribution in [1.29, 1.82) is 0 Å². The van der Waals surface area contributed by atoms with Gasteiger partial charge < -0.3 is 30.5 Å². The second-order valence-corrected chi connectivity index (χ2v) is 12.5. The van der Waals surface area contributed by atoms with E-state index in [4.69, 9.17) is 4.74 Å². The van der Waals surface area contributed by atoms with Gasteiger partial charge in [0.1, 0.15) is 18.1 Å². The number of unbranched alkanes of at least 4 members (excludes halogenated alkanes) is 1. The summed E-state index contributed by atoms with van der Waals surface area (Å²) < 4.78 is 21.0. The number of amides is 3. The number of nitrogens with zero attached hydrogens (tertiary/aromatic N) is 3. The van der Waals surface area contributed by atoms with Crippen molar-refractivity contribution >= 4 is 23.4 Å². The first-order valence-corrected chi connectivity index (χ1v) is 16.4. The first-order valence-electron chi connectivity index (χ1n) is 16.4. The van der Waals surface area contributed by atoms with Crippen LogP contribution >= 0.6 is 0 Å². The SMILES string of the molecule is CN(C(=O)CCCC[NH3+])c1cc(F)cc(C(=O)N2CCN(C(=O)c3ccc(O[C@H]4CC[NH2+]C4)c(C4CCCCC4)c3)CC2)c1. The maximum absolute atomic E-state index is 14.6. The normalized spacial score (nSPS) is 19.2. The number of benzene rings is 2. The molecule has 2 saturated heterocycles. The molecule has 1 atom stereocenters. The number of hydrogen-bond acceptors (Lipinski definition) is 4. The second kappa shape index (κ2) is 15.0. The number of hydrogen-bond donors (Lipinski definition) is 2. The zero-order chi connectivity index (χ0) is 31.1. The number of halogens is 1. The van der Waals surface area contributed by atoms with Crippen LogP contribution < -0.4 is 20.7 Å². The largest absolute Gasteiger partial charge is 0.484 e. The lowest BCUT2D eigenvalue weighted by Gasteiger charge is -2.35. The monoisotopic (exact) mass is 609 g/mol. The number of carbonyl (C=O) groups excluding carboxylic acids is 3. The maximum Gasteiger partial charge on any atom is 0.254 e. The first-order chi connectivity index (χ1) is 21.3. The van der Waals surface area contributed by atoms with Gasteiger partial charge >= 0.3 is 0 Å². The lowest BCUT2D eigenvalue weighted by molar-refractivity contribution is -0.638. The molecule has 0 aromatic heterocycles. The molecule has 9 nitrogen and oxygen atoms in total. The molecular weight excluding hydrogens is 561 g/mol. The van der Waals surface area contributed by atoms with Crippen LogP contribution in [-0.2, 0) is 4.79 Å². The fraction of sp³-hybridized carbons (Fsp3) is 0.559. The molecule has 2 aromatic carbocycles. The Morgan fingerprint density at radius 2 is 1.64 bits per heavy atom. The van der Waals surface area contributed by atoms with E-state index < -0.39 is 5.82 Å². The molecule has 3 aliphatic rings. The van der Waals surface area contributed by atoms with Crippen molar-refractivity contribution in [3.63, 3.8) is 0 Å². The minimum atomic E-state index is -0.565. The van der Waals surface area contributed by atoms with Crippen molar-refractivity contribution in [3.8, 4) is 5.75 Å². The van der Waals surface area contributed by atoms with Gasteiger partial charge in [0.2, 0.25) is 5.91 Å². The van der Waals surface area contributed by atoms with Crippen LogP contribution in [0, 0.1) is 5.82 Å². The molecule has 44 heavy (non-hydrogen) atoms. The predicted octanol–water partition coefficient (Wildman–Crippen LogP) is 2.56. The van der Waals surface area contributed by atoms with E-state index in [1.807, 2.05) is 12.1 Å². The molecule has 3 fully saturated rings. The van der Waals surface area contributed by atoms with Crippen LogP contribution in [0.2, 0.25) is 0 Å². The number of nitrogens with two attached hydrogens (primary N) is 1. The number of anilines is 1. The van der Waals surface area contributed by atoms with Crippen LogP contribution in [0.1, 0.15) is 90.0 Å². The molecule has 1 aliphatic carbocycles. The van der Waals surface area contributed by atoms with Crippen LogP contribution in [0.15, 0.2) is 36.4 Å². The number of ether oxygens (including phenoxy) is 1. The summed E-state index contributed by atoms with van der Waals surface area (Å²) >= 11 is 0. The van der Waals surface area contributed by atoms with E-state index in [0.717, 1.165) is 63.1 Å². The third-order valence-corrected chi connectivity index (χ3v) is 9.35. The minimum Gasteiger partial charge on any atom is -0.484 e. The van der Waals surface area contributed by atoms with E-state index in [-0.39, 0.29) is 29.4 Å². The summed E-state index contributed by atoms with van der Waals surface area (Å²) in [4.78, 5) is 44.5. The fourth-order valence-electron chi connectivity index (χ4n) is 6.67. The van der Waals surface area contributed by atoms with Crippen molar-refractivity contribution in [2.24, 2.45) is 0 Å². The summed E-state index contributed by atoms with van der Waals surface area (Å²) in [7, 11) is 1.60. The van der Waals surface area contributed by atoms with Gasteiger partial charge in [-0.3, -0.25) is 14.4 Å². The van der Waals surface area contributed by atoms with Crippen LogP contribution in [0.5, 0.6) is 5.75 Å². The Labute approximate surface area is 259 Å². The highest BCUT2D eigenvalue weighted by Crippen LogP contribution is 2.39. The highest BCUT2D eigenvalue weighted by Gasteiger charge is 2.29. The molecular formula is C34H48FN5O4+2. The molecule has 5 N–H and O–H groups in total. The molecule has 2 aromatic rings. The van der Waals surface area contributed by atoms with E-state index in [1.54, 1.807) is 22.9 Å². The molecule has 0 unspecified atom stereocenters. The van der Waals surface area contributed by atoms with E-state index >= 15 is 0 Å². The molecule has 238 valence electrons. The highest BCUT2D eigenvalue weighted by molar-refractivity contribution is 5.98. The van der Waals surface area contributed by atoms with Crippen LogP contribution in [-0.4, -0.2) is 86.5 Å². The van der Waals surface area contributed by atoms with Crippen LogP contribution in [0.3, 0.4) is 0 Å². The third-order valence-electron chi connectivity index (χ3n) is 9.35. The Bertz CT molecular complexity index is 1320. The van der Waals surface area contributed by atoms with Gasteiger partial charge in [-0.1, -0.05) is 19.3 Å². The molecule has 5 rings (SSSR count). The van der Waals surface area contributed by atoms with Crippen molar-refractivity contribution in [3.05, 3.63) is 58.9 Å².